The van der Waals surface area contributed by atoms with Crippen LogP contribution in [0.1, 0.15) is 24.6 Å². The highest BCUT2D eigenvalue weighted by Crippen LogP contribution is 2.28. The molecule has 3 nitrogen and oxygen atoms in total. The Hall–Kier alpha value is -1.45. The molecule has 1 aromatic carbocycles. The van der Waals surface area contributed by atoms with E-state index in [-0.39, 0.29) is 12.2 Å². The molecular formula is C14H15NO2. The molecule has 3 rings (SSSR count). The molecule has 1 aliphatic heterocycles. The summed E-state index contributed by atoms with van der Waals surface area (Å²) in [6.45, 7) is 0.611. The van der Waals surface area contributed by atoms with Gasteiger partial charge in [0.15, 0.2) is 0 Å². The first kappa shape index (κ1) is 10.7. The highest BCUT2D eigenvalue weighted by molar-refractivity contribution is 5.81. The molecule has 2 heterocycles. The van der Waals surface area contributed by atoms with Gasteiger partial charge in [0.05, 0.1) is 11.8 Å². The van der Waals surface area contributed by atoms with Crippen molar-refractivity contribution in [3.8, 4) is 0 Å². The number of aliphatic hydroxyl groups is 1. The van der Waals surface area contributed by atoms with E-state index in [1.165, 1.54) is 5.39 Å². The SMILES string of the molecule is OC1CCOC(c2cc3ccccc3cn2)C1. The zero-order valence-corrected chi connectivity index (χ0v) is 9.54. The maximum Gasteiger partial charge on any atom is 0.102 e. The predicted molar refractivity (Wildman–Crippen MR) is 65.7 cm³/mol. The lowest BCUT2D eigenvalue weighted by Gasteiger charge is -2.26. The van der Waals surface area contributed by atoms with Gasteiger partial charge < -0.3 is 9.84 Å². The normalized spacial score (nSPS) is 25.0. The summed E-state index contributed by atoms with van der Waals surface area (Å²) in [6.07, 6.45) is 2.91. The fraction of sp³-hybridized carbons (Fsp3) is 0.357. The second-order valence-corrected chi connectivity index (χ2v) is 4.49. The molecule has 17 heavy (non-hydrogen) atoms. The van der Waals surface area contributed by atoms with Crippen LogP contribution >= 0.6 is 0 Å². The van der Waals surface area contributed by atoms with E-state index in [2.05, 4.69) is 17.1 Å². The van der Waals surface area contributed by atoms with Crippen LogP contribution in [0.4, 0.5) is 0 Å². The van der Waals surface area contributed by atoms with Crippen LogP contribution in [0.5, 0.6) is 0 Å². The molecule has 1 aliphatic rings. The smallest absolute Gasteiger partial charge is 0.102 e. The van der Waals surface area contributed by atoms with Crippen molar-refractivity contribution in [1.82, 2.24) is 4.98 Å². The van der Waals surface area contributed by atoms with E-state index in [1.807, 2.05) is 24.4 Å². The molecule has 2 aromatic rings. The van der Waals surface area contributed by atoms with E-state index in [0.29, 0.717) is 13.0 Å². The zero-order valence-electron chi connectivity index (χ0n) is 9.54. The van der Waals surface area contributed by atoms with Gasteiger partial charge in [-0.15, -0.1) is 0 Å². The van der Waals surface area contributed by atoms with Gasteiger partial charge in [0.1, 0.15) is 6.10 Å². The van der Waals surface area contributed by atoms with E-state index < -0.39 is 0 Å². The minimum atomic E-state index is -0.262. The number of aromatic nitrogens is 1. The van der Waals surface area contributed by atoms with E-state index in [1.54, 1.807) is 0 Å². The van der Waals surface area contributed by atoms with Gasteiger partial charge in [-0.1, -0.05) is 24.3 Å². The van der Waals surface area contributed by atoms with E-state index in [4.69, 9.17) is 4.74 Å². The summed E-state index contributed by atoms with van der Waals surface area (Å²) in [7, 11) is 0. The van der Waals surface area contributed by atoms with Gasteiger partial charge in [-0.3, -0.25) is 4.98 Å². The van der Waals surface area contributed by atoms with Crippen LogP contribution < -0.4 is 0 Å². The summed E-state index contributed by atoms with van der Waals surface area (Å²) in [6, 6.07) is 10.2. The van der Waals surface area contributed by atoms with Crippen molar-refractivity contribution in [3.05, 3.63) is 42.2 Å². The maximum atomic E-state index is 9.65. The minimum absolute atomic E-state index is 0.0663. The standard InChI is InChI=1S/C14H15NO2/c16-12-5-6-17-14(8-12)13-7-10-3-1-2-4-11(10)9-15-13/h1-4,7,9,12,14,16H,5-6,8H2. The van der Waals surface area contributed by atoms with Crippen LogP contribution in [0.15, 0.2) is 36.5 Å². The second-order valence-electron chi connectivity index (χ2n) is 4.49. The molecule has 1 saturated heterocycles. The van der Waals surface area contributed by atoms with Gasteiger partial charge >= 0.3 is 0 Å². The van der Waals surface area contributed by atoms with Gasteiger partial charge in [0.25, 0.3) is 0 Å². The van der Waals surface area contributed by atoms with Crippen molar-refractivity contribution in [2.24, 2.45) is 0 Å². The monoisotopic (exact) mass is 229 g/mol. The van der Waals surface area contributed by atoms with Crippen LogP contribution in [0, 0.1) is 0 Å². The molecule has 0 saturated carbocycles. The van der Waals surface area contributed by atoms with Crippen LogP contribution in [-0.4, -0.2) is 22.8 Å². The third-order valence-electron chi connectivity index (χ3n) is 3.24. The molecule has 0 radical (unpaired) electrons. The average molecular weight is 229 g/mol. The number of hydrogen-bond acceptors (Lipinski definition) is 3. The van der Waals surface area contributed by atoms with Gasteiger partial charge in [-0.25, -0.2) is 0 Å². The summed E-state index contributed by atoms with van der Waals surface area (Å²) in [5, 5.41) is 11.9. The third-order valence-corrected chi connectivity index (χ3v) is 3.24. The molecule has 1 N–H and O–H groups in total. The summed E-state index contributed by atoms with van der Waals surface area (Å²) in [4.78, 5) is 4.43. The van der Waals surface area contributed by atoms with E-state index in [9.17, 15) is 5.11 Å². The number of pyridine rings is 1. The van der Waals surface area contributed by atoms with Crippen LogP contribution in [0.25, 0.3) is 10.8 Å². The number of rotatable bonds is 1. The van der Waals surface area contributed by atoms with Crippen molar-refractivity contribution >= 4 is 10.8 Å². The first-order chi connectivity index (χ1) is 8.33. The Labute approximate surface area is 100 Å². The predicted octanol–water partition coefficient (Wildman–Crippen LogP) is 2.45. The second kappa shape index (κ2) is 4.43. The third kappa shape index (κ3) is 2.16. The molecule has 0 bridgehead atoms. The molecule has 3 heteroatoms. The number of nitrogens with zero attached hydrogens (tertiary/aromatic N) is 1. The molecule has 1 fully saturated rings. The summed E-state index contributed by atoms with van der Waals surface area (Å²) >= 11 is 0. The molecule has 2 atom stereocenters. The average Bonchev–Trinajstić information content (AvgIpc) is 2.38. The number of ether oxygens (including phenoxy) is 1. The van der Waals surface area contributed by atoms with Crippen molar-refractivity contribution in [3.63, 3.8) is 0 Å². The molecule has 0 spiro atoms. The zero-order chi connectivity index (χ0) is 11.7. The topological polar surface area (TPSA) is 42.4 Å². The van der Waals surface area contributed by atoms with Gasteiger partial charge in [-0.2, -0.15) is 0 Å². The first-order valence-electron chi connectivity index (χ1n) is 5.97. The molecule has 88 valence electrons. The Morgan fingerprint density at radius 2 is 2.06 bits per heavy atom. The van der Waals surface area contributed by atoms with Crippen molar-refractivity contribution in [2.45, 2.75) is 25.0 Å². The van der Waals surface area contributed by atoms with Gasteiger partial charge in [0, 0.05) is 24.6 Å². The fourth-order valence-electron chi connectivity index (χ4n) is 2.26. The van der Waals surface area contributed by atoms with Crippen LogP contribution in [-0.2, 0) is 4.74 Å². The van der Waals surface area contributed by atoms with Gasteiger partial charge in [-0.05, 0) is 17.9 Å². The largest absolute Gasteiger partial charge is 0.393 e. The summed E-state index contributed by atoms with van der Waals surface area (Å²) in [5.41, 5.74) is 0.919. The highest BCUT2D eigenvalue weighted by atomic mass is 16.5. The van der Waals surface area contributed by atoms with E-state index >= 15 is 0 Å². The lowest BCUT2D eigenvalue weighted by Crippen LogP contribution is -2.23. The first-order valence-corrected chi connectivity index (χ1v) is 5.97. The van der Waals surface area contributed by atoms with Crippen LogP contribution in [0.3, 0.4) is 0 Å². The minimum Gasteiger partial charge on any atom is -0.393 e. The molecule has 0 amide bonds. The Balaban J connectivity index is 1.94. The quantitative estimate of drug-likeness (QED) is 0.816. The highest BCUT2D eigenvalue weighted by Gasteiger charge is 2.23. The van der Waals surface area contributed by atoms with Crippen LogP contribution in [0.2, 0.25) is 0 Å². The maximum absolute atomic E-state index is 9.65. The lowest BCUT2D eigenvalue weighted by molar-refractivity contribution is -0.0465. The number of aliphatic hydroxyl groups excluding tert-OH is 1. The Bertz CT molecular complexity index is 526. The lowest BCUT2D eigenvalue weighted by atomic mass is 10.0. The Morgan fingerprint density at radius 1 is 1.24 bits per heavy atom. The van der Waals surface area contributed by atoms with Crippen molar-refractivity contribution in [2.75, 3.05) is 6.61 Å². The Morgan fingerprint density at radius 3 is 2.88 bits per heavy atom. The number of hydrogen-bond donors (Lipinski definition) is 1. The van der Waals surface area contributed by atoms with Crippen molar-refractivity contribution in [1.29, 1.82) is 0 Å². The fourth-order valence-corrected chi connectivity index (χ4v) is 2.26. The molecule has 0 aliphatic carbocycles. The number of fused-ring (bicyclic) bond motifs is 1. The molecular weight excluding hydrogens is 214 g/mol. The van der Waals surface area contributed by atoms with E-state index in [0.717, 1.165) is 17.5 Å². The summed E-state index contributed by atoms with van der Waals surface area (Å²) in [5.74, 6) is 0. The molecule has 2 unspecified atom stereocenters. The molecule has 1 aromatic heterocycles. The van der Waals surface area contributed by atoms with Crippen molar-refractivity contribution < 1.29 is 9.84 Å². The Kier molecular flexibility index (Phi) is 2.79. The summed E-state index contributed by atoms with van der Waals surface area (Å²) < 4.78 is 5.66. The number of benzene rings is 1. The van der Waals surface area contributed by atoms with Gasteiger partial charge in [0.2, 0.25) is 0 Å².